The molecule has 3 atom stereocenters. The van der Waals surface area contributed by atoms with Gasteiger partial charge < -0.3 is 0 Å². The van der Waals surface area contributed by atoms with E-state index >= 15 is 0 Å². The van der Waals surface area contributed by atoms with E-state index < -0.39 is 0 Å². The molecule has 120 valence electrons. The minimum Gasteiger partial charge on any atom is -0.299 e. The molecule has 3 heteroatoms. The maximum absolute atomic E-state index is 12.3. The van der Waals surface area contributed by atoms with Gasteiger partial charge in [0.05, 0.1) is 0 Å². The van der Waals surface area contributed by atoms with Crippen LogP contribution in [0.2, 0.25) is 0 Å². The Hall–Kier alpha value is -0.630. The number of allylic oxidation sites excluding steroid dienone is 1. The fraction of sp³-hybridized carbons (Fsp3) is 0.778. The quantitative estimate of drug-likeness (QED) is 0.330. The Bertz CT molecular complexity index is 362. The van der Waals surface area contributed by atoms with Gasteiger partial charge in [0.15, 0.2) is 5.78 Å². The molecule has 0 saturated heterocycles. The molecule has 0 unspecified atom stereocenters. The van der Waals surface area contributed by atoms with E-state index in [0.717, 1.165) is 18.7 Å². The monoisotopic (exact) mass is 312 g/mol. The average molecular weight is 313 g/mol. The highest BCUT2D eigenvalue weighted by Crippen LogP contribution is 2.43. The van der Waals surface area contributed by atoms with Crippen molar-refractivity contribution >= 4 is 23.2 Å². The van der Waals surface area contributed by atoms with Crippen molar-refractivity contribution in [2.75, 3.05) is 5.88 Å². The van der Waals surface area contributed by atoms with Crippen molar-refractivity contribution in [3.8, 4) is 0 Å². The molecule has 0 aromatic rings. The largest absolute Gasteiger partial charge is 0.299 e. The van der Waals surface area contributed by atoms with Crippen LogP contribution in [0, 0.1) is 23.7 Å². The van der Waals surface area contributed by atoms with E-state index in [-0.39, 0.29) is 17.5 Å². The van der Waals surface area contributed by atoms with Gasteiger partial charge >= 0.3 is 0 Å². The van der Waals surface area contributed by atoms with Crippen molar-refractivity contribution in [2.45, 2.75) is 58.8 Å². The fourth-order valence-electron chi connectivity index (χ4n) is 3.80. The zero-order valence-corrected chi connectivity index (χ0v) is 14.2. The van der Waals surface area contributed by atoms with E-state index in [0.29, 0.717) is 30.6 Å². The number of hydrogen-bond acceptors (Lipinski definition) is 2. The topological polar surface area (TPSA) is 34.1 Å². The molecule has 21 heavy (non-hydrogen) atoms. The maximum Gasteiger partial charge on any atom is 0.155 e. The Balaban J connectivity index is 2.57. The summed E-state index contributed by atoms with van der Waals surface area (Å²) in [5, 5.41) is 0. The molecule has 1 saturated carbocycles. The molecule has 0 spiro atoms. The van der Waals surface area contributed by atoms with E-state index in [9.17, 15) is 9.59 Å². The highest BCUT2D eigenvalue weighted by atomic mass is 35.5. The van der Waals surface area contributed by atoms with Gasteiger partial charge in [0.2, 0.25) is 0 Å². The third kappa shape index (κ3) is 5.58. The lowest BCUT2D eigenvalue weighted by Gasteiger charge is -2.27. The molecule has 0 aromatic carbocycles. The number of alkyl halides is 1. The summed E-state index contributed by atoms with van der Waals surface area (Å²) >= 11 is 5.69. The first-order valence-electron chi connectivity index (χ1n) is 8.25. The number of carbonyl (C=O) groups excluding carboxylic acids is 2. The van der Waals surface area contributed by atoms with Crippen LogP contribution in [0.5, 0.6) is 0 Å². The van der Waals surface area contributed by atoms with Crippen LogP contribution in [-0.2, 0) is 9.59 Å². The van der Waals surface area contributed by atoms with Crippen LogP contribution in [0.25, 0.3) is 0 Å². The van der Waals surface area contributed by atoms with E-state index in [4.69, 9.17) is 11.6 Å². The lowest BCUT2D eigenvalue weighted by Crippen LogP contribution is -2.25. The SMILES string of the molecule is C=CC(=O)C[C@@H]1C(=O)C[C@H](CCCCCCCl)[C@H]1C(C)C. The number of rotatable bonds is 10. The molecule has 1 rings (SSSR count). The van der Waals surface area contributed by atoms with Crippen LogP contribution < -0.4 is 0 Å². The zero-order chi connectivity index (χ0) is 15.8. The Labute approximate surface area is 134 Å². The zero-order valence-electron chi connectivity index (χ0n) is 13.4. The van der Waals surface area contributed by atoms with Crippen molar-refractivity contribution in [2.24, 2.45) is 23.7 Å². The molecule has 0 heterocycles. The summed E-state index contributed by atoms with van der Waals surface area (Å²) in [6.07, 6.45) is 8.09. The third-order valence-electron chi connectivity index (χ3n) is 4.76. The molecule has 1 aliphatic rings. The second-order valence-electron chi connectivity index (χ2n) is 6.62. The van der Waals surface area contributed by atoms with Crippen LogP contribution in [0.4, 0.5) is 0 Å². The van der Waals surface area contributed by atoms with Gasteiger partial charge in [0.1, 0.15) is 5.78 Å². The number of Topliss-reactive ketones (excluding diaryl/α,β-unsaturated/α-hetero) is 1. The lowest BCUT2D eigenvalue weighted by atomic mass is 9.77. The van der Waals surface area contributed by atoms with Gasteiger partial charge in [0, 0.05) is 24.6 Å². The van der Waals surface area contributed by atoms with Crippen LogP contribution >= 0.6 is 11.6 Å². The molecule has 0 bridgehead atoms. The summed E-state index contributed by atoms with van der Waals surface area (Å²) in [6, 6.07) is 0. The normalized spacial score (nSPS) is 25.5. The van der Waals surface area contributed by atoms with Crippen molar-refractivity contribution in [3.63, 3.8) is 0 Å². The standard InChI is InChI=1S/C18H29ClO2/c1-4-15(20)12-16-17(21)11-14(18(16)13(2)3)9-7-5-6-8-10-19/h4,13-14,16,18H,1,5-12H2,2-3H3/t14-,16+,18+/m0/s1. The number of halogens is 1. The number of unbranched alkanes of at least 4 members (excludes halogenated alkanes) is 3. The number of ketones is 2. The summed E-state index contributed by atoms with van der Waals surface area (Å²) in [6.45, 7) is 7.87. The highest BCUT2D eigenvalue weighted by molar-refractivity contribution is 6.17. The molecular formula is C18H29ClO2. The first-order chi connectivity index (χ1) is 10.0. The van der Waals surface area contributed by atoms with Crippen LogP contribution in [-0.4, -0.2) is 17.4 Å². The summed E-state index contributed by atoms with van der Waals surface area (Å²) < 4.78 is 0. The molecule has 2 nitrogen and oxygen atoms in total. The molecule has 0 aromatic heterocycles. The Kier molecular flexibility index (Phi) is 8.24. The number of hydrogen-bond donors (Lipinski definition) is 0. The van der Waals surface area contributed by atoms with Crippen molar-refractivity contribution in [1.29, 1.82) is 0 Å². The van der Waals surface area contributed by atoms with Gasteiger partial charge in [0.25, 0.3) is 0 Å². The Morgan fingerprint density at radius 3 is 2.57 bits per heavy atom. The third-order valence-corrected chi connectivity index (χ3v) is 5.03. The van der Waals surface area contributed by atoms with Gasteiger partial charge in [-0.1, -0.05) is 39.7 Å². The Morgan fingerprint density at radius 2 is 2.00 bits per heavy atom. The van der Waals surface area contributed by atoms with Crippen LogP contribution in [0.1, 0.15) is 58.8 Å². The second kappa shape index (κ2) is 9.40. The highest BCUT2D eigenvalue weighted by Gasteiger charge is 2.43. The minimum atomic E-state index is -0.0802. The predicted molar refractivity (Wildman–Crippen MR) is 88.6 cm³/mol. The molecule has 0 N–H and O–H groups in total. The van der Waals surface area contributed by atoms with Crippen LogP contribution in [0.3, 0.4) is 0 Å². The van der Waals surface area contributed by atoms with Crippen LogP contribution in [0.15, 0.2) is 12.7 Å². The first-order valence-corrected chi connectivity index (χ1v) is 8.78. The van der Waals surface area contributed by atoms with Crippen molar-refractivity contribution in [3.05, 3.63) is 12.7 Å². The van der Waals surface area contributed by atoms with Gasteiger partial charge in [-0.25, -0.2) is 0 Å². The summed E-state index contributed by atoms with van der Waals surface area (Å²) in [5.74, 6) is 2.21. The number of carbonyl (C=O) groups is 2. The summed E-state index contributed by atoms with van der Waals surface area (Å²) in [5.41, 5.74) is 0. The average Bonchev–Trinajstić information content (AvgIpc) is 2.75. The minimum absolute atomic E-state index is 0.00163. The van der Waals surface area contributed by atoms with E-state index in [1.807, 2.05) is 0 Å². The molecule has 0 aliphatic heterocycles. The predicted octanol–water partition coefficient (Wildman–Crippen LogP) is 4.80. The van der Waals surface area contributed by atoms with E-state index in [2.05, 4.69) is 20.4 Å². The van der Waals surface area contributed by atoms with Gasteiger partial charge in [-0.3, -0.25) is 9.59 Å². The molecule has 0 amide bonds. The van der Waals surface area contributed by atoms with Crippen molar-refractivity contribution < 1.29 is 9.59 Å². The second-order valence-corrected chi connectivity index (χ2v) is 7.00. The molecule has 1 fully saturated rings. The summed E-state index contributed by atoms with van der Waals surface area (Å²) in [4.78, 5) is 23.9. The first kappa shape index (κ1) is 18.4. The van der Waals surface area contributed by atoms with Gasteiger partial charge in [-0.05, 0) is 36.7 Å². The molecule has 1 aliphatic carbocycles. The van der Waals surface area contributed by atoms with Gasteiger partial charge in [-0.2, -0.15) is 0 Å². The van der Waals surface area contributed by atoms with Gasteiger partial charge in [-0.15, -0.1) is 11.6 Å². The lowest BCUT2D eigenvalue weighted by molar-refractivity contribution is -0.125. The summed E-state index contributed by atoms with van der Waals surface area (Å²) in [7, 11) is 0. The smallest absolute Gasteiger partial charge is 0.155 e. The Morgan fingerprint density at radius 1 is 1.33 bits per heavy atom. The van der Waals surface area contributed by atoms with E-state index in [1.165, 1.54) is 25.3 Å². The van der Waals surface area contributed by atoms with Crippen molar-refractivity contribution in [1.82, 2.24) is 0 Å². The fourth-order valence-corrected chi connectivity index (χ4v) is 3.99. The molecule has 0 radical (unpaired) electrons. The molecular weight excluding hydrogens is 284 g/mol. The maximum atomic E-state index is 12.3. The van der Waals surface area contributed by atoms with E-state index in [1.54, 1.807) is 0 Å².